The van der Waals surface area contributed by atoms with Crippen molar-refractivity contribution in [1.82, 2.24) is 14.7 Å². The Morgan fingerprint density at radius 1 is 1.14 bits per heavy atom. The molecule has 2 aromatic heterocycles. The van der Waals surface area contributed by atoms with E-state index in [1.165, 1.54) is 20.9 Å². The smallest absolute Gasteiger partial charge is 0.411 e. The van der Waals surface area contributed by atoms with Crippen molar-refractivity contribution in [2.75, 3.05) is 0 Å². The fraction of sp³-hybridized carbons (Fsp3) is 0.385. The van der Waals surface area contributed by atoms with Crippen LogP contribution in [0.25, 0.3) is 0 Å². The lowest BCUT2D eigenvalue weighted by molar-refractivity contribution is -0.169. The van der Waals surface area contributed by atoms with E-state index in [0.29, 0.717) is 4.88 Å². The van der Waals surface area contributed by atoms with Crippen LogP contribution in [0.2, 0.25) is 0 Å². The number of hydrogen-bond donors (Lipinski definition) is 1. The summed E-state index contributed by atoms with van der Waals surface area (Å²) in [7, 11) is 0. The number of benzene rings is 1. The van der Waals surface area contributed by atoms with Gasteiger partial charge >= 0.3 is 18.0 Å². The molecule has 0 bridgehead atoms. The van der Waals surface area contributed by atoms with Crippen molar-refractivity contribution in [3.05, 3.63) is 76.7 Å². The zero-order valence-electron chi connectivity index (χ0n) is 20.4. The number of carboxylic acid groups (broad SMARTS) is 1. The topological polar surface area (TPSA) is 111 Å². The standard InChI is InChI=1S/C26H29N3O6S/c1-25(2,3)35-23(32)26(17-28-13-8-12-27-28)15-19(22(30)31)21(20-11-7-14-36-20)29(26)24(33)34-16-18-9-5-4-6-10-18/h4-14,19,21H,15-17H2,1-3H3,(H,30,31)/t19-,21+,26-/m1/s1. The molecule has 1 N–H and O–H groups in total. The summed E-state index contributed by atoms with van der Waals surface area (Å²) in [6, 6.07) is 13.5. The first-order chi connectivity index (χ1) is 17.1. The van der Waals surface area contributed by atoms with Crippen LogP contribution in [0.4, 0.5) is 4.79 Å². The van der Waals surface area contributed by atoms with Gasteiger partial charge in [0, 0.05) is 17.3 Å². The largest absolute Gasteiger partial charge is 0.481 e. The summed E-state index contributed by atoms with van der Waals surface area (Å²) in [4.78, 5) is 42.1. The number of amides is 1. The quantitative estimate of drug-likeness (QED) is 0.465. The van der Waals surface area contributed by atoms with Crippen LogP contribution in [0.5, 0.6) is 0 Å². The van der Waals surface area contributed by atoms with Crippen LogP contribution in [-0.4, -0.2) is 49.0 Å². The van der Waals surface area contributed by atoms with Crippen molar-refractivity contribution < 1.29 is 29.0 Å². The first kappa shape index (κ1) is 25.4. The number of esters is 1. The number of carboxylic acids is 1. The van der Waals surface area contributed by atoms with Crippen molar-refractivity contribution in [2.24, 2.45) is 5.92 Å². The average molecular weight is 512 g/mol. The van der Waals surface area contributed by atoms with E-state index >= 15 is 0 Å². The van der Waals surface area contributed by atoms with Gasteiger partial charge in [0.2, 0.25) is 0 Å². The summed E-state index contributed by atoms with van der Waals surface area (Å²) in [6.45, 7) is 5.07. The molecule has 1 amide bonds. The number of ether oxygens (including phenoxy) is 2. The fourth-order valence-electron chi connectivity index (χ4n) is 4.53. The summed E-state index contributed by atoms with van der Waals surface area (Å²) in [6.07, 6.45) is 2.27. The molecule has 0 saturated carbocycles. The molecule has 3 atom stereocenters. The molecule has 0 radical (unpaired) electrons. The van der Waals surface area contributed by atoms with Gasteiger partial charge in [-0.2, -0.15) is 5.10 Å². The van der Waals surface area contributed by atoms with Crippen LogP contribution in [0, 0.1) is 5.92 Å². The second kappa shape index (κ2) is 10.1. The molecular weight excluding hydrogens is 482 g/mol. The first-order valence-electron chi connectivity index (χ1n) is 11.6. The van der Waals surface area contributed by atoms with Gasteiger partial charge in [-0.05, 0) is 50.3 Å². The minimum absolute atomic E-state index is 0.0305. The third-order valence-electron chi connectivity index (χ3n) is 5.99. The molecule has 9 nitrogen and oxygen atoms in total. The summed E-state index contributed by atoms with van der Waals surface area (Å²) in [5.41, 5.74) is -1.76. The molecule has 190 valence electrons. The third kappa shape index (κ3) is 5.28. The van der Waals surface area contributed by atoms with E-state index in [1.807, 2.05) is 35.7 Å². The molecule has 4 rings (SSSR count). The second-order valence-corrected chi connectivity index (χ2v) is 10.7. The van der Waals surface area contributed by atoms with Crippen molar-refractivity contribution in [3.8, 4) is 0 Å². The Labute approximate surface area is 213 Å². The number of nitrogens with zero attached hydrogens (tertiary/aromatic N) is 3. The van der Waals surface area contributed by atoms with Crippen molar-refractivity contribution >= 4 is 29.4 Å². The summed E-state index contributed by atoms with van der Waals surface area (Å²) in [5, 5.41) is 16.3. The van der Waals surface area contributed by atoms with Crippen LogP contribution >= 0.6 is 11.3 Å². The highest BCUT2D eigenvalue weighted by molar-refractivity contribution is 7.10. The molecule has 0 spiro atoms. The number of likely N-dealkylation sites (tertiary alicyclic amines) is 1. The van der Waals surface area contributed by atoms with E-state index in [2.05, 4.69) is 5.10 Å². The van der Waals surface area contributed by atoms with Gasteiger partial charge in [-0.1, -0.05) is 36.4 Å². The minimum atomic E-state index is -1.66. The molecule has 1 saturated heterocycles. The lowest BCUT2D eigenvalue weighted by atomic mass is 9.90. The summed E-state index contributed by atoms with van der Waals surface area (Å²) < 4.78 is 13.0. The monoisotopic (exact) mass is 511 g/mol. The van der Waals surface area contributed by atoms with Crippen molar-refractivity contribution in [3.63, 3.8) is 0 Å². The van der Waals surface area contributed by atoms with E-state index in [0.717, 1.165) is 5.56 Å². The zero-order valence-corrected chi connectivity index (χ0v) is 21.2. The number of thiophene rings is 1. The Morgan fingerprint density at radius 2 is 1.89 bits per heavy atom. The maximum absolute atomic E-state index is 13.9. The lowest BCUT2D eigenvalue weighted by Crippen LogP contribution is -2.58. The van der Waals surface area contributed by atoms with Crippen LogP contribution in [0.15, 0.2) is 66.3 Å². The van der Waals surface area contributed by atoms with Gasteiger partial charge in [-0.25, -0.2) is 9.59 Å². The van der Waals surface area contributed by atoms with Crippen molar-refractivity contribution in [2.45, 2.75) is 57.5 Å². The molecule has 1 aromatic carbocycles. The van der Waals surface area contributed by atoms with Crippen LogP contribution in [-0.2, 0) is 32.2 Å². The predicted octanol–water partition coefficient (Wildman–Crippen LogP) is 4.51. The summed E-state index contributed by atoms with van der Waals surface area (Å²) in [5.74, 6) is -2.87. The van der Waals surface area contributed by atoms with Gasteiger partial charge in [-0.3, -0.25) is 14.4 Å². The fourth-order valence-corrected chi connectivity index (χ4v) is 5.41. The van der Waals surface area contributed by atoms with Crippen LogP contribution in [0.3, 0.4) is 0 Å². The Hall–Kier alpha value is -3.66. The van der Waals surface area contributed by atoms with E-state index in [1.54, 1.807) is 51.4 Å². The number of aromatic nitrogens is 2. The Bertz CT molecular complexity index is 1190. The molecule has 0 unspecified atom stereocenters. The van der Waals surface area contributed by atoms with Gasteiger partial charge in [-0.15, -0.1) is 11.3 Å². The molecule has 3 aromatic rings. The summed E-state index contributed by atoms with van der Waals surface area (Å²) >= 11 is 1.32. The highest BCUT2D eigenvalue weighted by Crippen LogP contribution is 2.50. The van der Waals surface area contributed by atoms with E-state index < -0.39 is 41.1 Å². The number of hydrogen-bond acceptors (Lipinski definition) is 7. The average Bonchev–Trinajstić information content (AvgIpc) is 3.58. The minimum Gasteiger partial charge on any atom is -0.481 e. The zero-order chi connectivity index (χ0) is 25.9. The van der Waals surface area contributed by atoms with E-state index in [-0.39, 0.29) is 19.6 Å². The molecule has 10 heteroatoms. The van der Waals surface area contributed by atoms with Crippen molar-refractivity contribution in [1.29, 1.82) is 0 Å². The molecule has 0 aliphatic carbocycles. The Morgan fingerprint density at radius 3 is 2.47 bits per heavy atom. The maximum atomic E-state index is 13.9. The second-order valence-electron chi connectivity index (χ2n) is 9.76. The molecule has 3 heterocycles. The van der Waals surface area contributed by atoms with Gasteiger partial charge in [0.1, 0.15) is 12.2 Å². The molecule has 1 aliphatic heterocycles. The SMILES string of the molecule is CC(C)(C)OC(=O)[C@]1(Cn2cccn2)C[C@@H](C(=O)O)[C@@H](c2cccs2)N1C(=O)OCc1ccccc1. The highest BCUT2D eigenvalue weighted by Gasteiger charge is 2.63. The van der Waals surface area contributed by atoms with Gasteiger partial charge in [0.15, 0.2) is 5.54 Å². The van der Waals surface area contributed by atoms with Gasteiger partial charge in [0.05, 0.1) is 18.5 Å². The number of rotatable bonds is 7. The molecule has 1 aliphatic rings. The molecular formula is C26H29N3O6S. The third-order valence-corrected chi connectivity index (χ3v) is 6.94. The maximum Gasteiger partial charge on any atom is 0.411 e. The van der Waals surface area contributed by atoms with Crippen LogP contribution in [0.1, 0.15) is 43.7 Å². The number of carbonyl (C=O) groups is 3. The molecule has 36 heavy (non-hydrogen) atoms. The van der Waals surface area contributed by atoms with Gasteiger partial charge < -0.3 is 14.6 Å². The Kier molecular flexibility index (Phi) is 7.16. The van der Waals surface area contributed by atoms with E-state index in [4.69, 9.17) is 9.47 Å². The Balaban J connectivity index is 1.82. The van der Waals surface area contributed by atoms with Crippen LogP contribution < -0.4 is 0 Å². The number of aliphatic carboxylic acids is 1. The first-order valence-corrected chi connectivity index (χ1v) is 12.5. The van der Waals surface area contributed by atoms with E-state index in [9.17, 15) is 19.5 Å². The lowest BCUT2D eigenvalue weighted by Gasteiger charge is -2.39. The van der Waals surface area contributed by atoms with Gasteiger partial charge in [0.25, 0.3) is 0 Å². The predicted molar refractivity (Wildman–Crippen MR) is 132 cm³/mol. The number of carbonyl (C=O) groups excluding carboxylic acids is 2. The normalized spacial score (nSPS) is 21.8. The highest BCUT2D eigenvalue weighted by atomic mass is 32.1. The molecule has 1 fully saturated rings.